The lowest BCUT2D eigenvalue weighted by molar-refractivity contribution is -0.128. The Labute approximate surface area is 314 Å². The molecule has 2 amide bonds. The SMILES string of the molecule is CCCCCCCCCCCCS(=O)(=O)NS(=O)(=O)c1ccc(Cl)c(NC(=O)/C(=N/c2ccc(N(CC)CCO)cc2C)C(=O)N2CCOCC2)c1. The number of benzene rings is 2. The number of hydrogen-bond acceptors (Lipinski definition) is 10. The maximum absolute atomic E-state index is 13.8. The Morgan fingerprint density at radius 2 is 1.56 bits per heavy atom. The zero-order valence-electron chi connectivity index (χ0n) is 30.5. The fraction of sp³-hybridized carbons (Fsp3) is 0.583. The van der Waals surface area contributed by atoms with Gasteiger partial charge in [0.1, 0.15) is 0 Å². The molecule has 1 saturated heterocycles. The third kappa shape index (κ3) is 13.7. The van der Waals surface area contributed by atoms with Crippen molar-refractivity contribution in [2.75, 3.05) is 62.0 Å². The molecule has 0 saturated carbocycles. The number of carbonyl (C=O) groups is 2. The summed E-state index contributed by atoms with van der Waals surface area (Å²) in [7, 11) is -8.75. The van der Waals surface area contributed by atoms with Gasteiger partial charge in [-0.05, 0) is 62.2 Å². The Morgan fingerprint density at radius 3 is 2.15 bits per heavy atom. The highest BCUT2D eigenvalue weighted by atomic mass is 35.5. The minimum atomic E-state index is -4.57. The second-order valence-electron chi connectivity index (χ2n) is 12.8. The van der Waals surface area contributed by atoms with Gasteiger partial charge in [-0.3, -0.25) is 9.59 Å². The van der Waals surface area contributed by atoms with Gasteiger partial charge < -0.3 is 25.0 Å². The van der Waals surface area contributed by atoms with Gasteiger partial charge in [0.05, 0.1) is 46.9 Å². The van der Waals surface area contributed by atoms with Crippen molar-refractivity contribution in [1.82, 2.24) is 9.03 Å². The van der Waals surface area contributed by atoms with Gasteiger partial charge in [0.15, 0.2) is 5.71 Å². The number of ether oxygens (including phenoxy) is 1. The van der Waals surface area contributed by atoms with E-state index in [1.807, 2.05) is 17.9 Å². The number of unbranched alkanes of at least 4 members (excludes halogenated alkanes) is 9. The summed E-state index contributed by atoms with van der Waals surface area (Å²) in [6.07, 6.45) is 10.0. The van der Waals surface area contributed by atoms with E-state index in [9.17, 15) is 31.5 Å². The maximum Gasteiger partial charge on any atom is 0.280 e. The van der Waals surface area contributed by atoms with E-state index in [4.69, 9.17) is 16.3 Å². The summed E-state index contributed by atoms with van der Waals surface area (Å²) in [5.41, 5.74) is 1.25. The van der Waals surface area contributed by atoms with Crippen molar-refractivity contribution in [3.05, 3.63) is 47.0 Å². The summed E-state index contributed by atoms with van der Waals surface area (Å²) in [6.45, 7) is 8.03. The van der Waals surface area contributed by atoms with Crippen LogP contribution in [0.3, 0.4) is 0 Å². The number of morpholine rings is 1. The molecule has 52 heavy (non-hydrogen) atoms. The van der Waals surface area contributed by atoms with Crippen LogP contribution < -0.4 is 14.3 Å². The largest absolute Gasteiger partial charge is 0.395 e. The molecule has 2 aromatic rings. The molecule has 290 valence electrons. The molecule has 0 aromatic heterocycles. The first kappa shape index (κ1) is 43.3. The summed E-state index contributed by atoms with van der Waals surface area (Å²) in [6, 6.07) is 8.68. The quantitative estimate of drug-likeness (QED) is 0.0784. The molecular weight excluding hydrogens is 730 g/mol. The molecule has 3 rings (SSSR count). The zero-order valence-corrected chi connectivity index (χ0v) is 32.9. The first-order valence-corrected chi connectivity index (χ1v) is 21.6. The average molecular weight is 784 g/mol. The molecule has 0 aliphatic carbocycles. The van der Waals surface area contributed by atoms with Crippen LogP contribution in [0.1, 0.15) is 83.6 Å². The number of aryl methyl sites for hydroxylation is 1. The van der Waals surface area contributed by atoms with E-state index >= 15 is 0 Å². The third-order valence-corrected chi connectivity index (χ3v) is 12.7. The smallest absolute Gasteiger partial charge is 0.280 e. The van der Waals surface area contributed by atoms with Crippen LogP contribution in [-0.4, -0.2) is 96.1 Å². The van der Waals surface area contributed by atoms with E-state index in [1.54, 1.807) is 23.2 Å². The predicted octanol–water partition coefficient (Wildman–Crippen LogP) is 5.57. The van der Waals surface area contributed by atoms with Crippen molar-refractivity contribution in [3.8, 4) is 0 Å². The number of sulfonamides is 2. The first-order chi connectivity index (χ1) is 24.8. The molecule has 1 fully saturated rings. The van der Waals surface area contributed by atoms with Gasteiger partial charge in [-0.2, -0.15) is 0 Å². The number of amides is 2. The minimum Gasteiger partial charge on any atom is -0.395 e. The maximum atomic E-state index is 13.8. The summed E-state index contributed by atoms with van der Waals surface area (Å²) in [4.78, 5) is 34.9. The summed E-state index contributed by atoms with van der Waals surface area (Å²) in [5.74, 6) is -1.94. The molecule has 2 aromatic carbocycles. The van der Waals surface area contributed by atoms with Crippen LogP contribution in [0.5, 0.6) is 0 Å². The second kappa shape index (κ2) is 21.6. The molecule has 0 spiro atoms. The number of aliphatic hydroxyl groups excluding tert-OH is 1. The number of halogens is 1. The molecule has 0 bridgehead atoms. The van der Waals surface area contributed by atoms with Crippen LogP contribution >= 0.6 is 11.6 Å². The molecule has 1 aliphatic rings. The fourth-order valence-electron chi connectivity index (χ4n) is 5.77. The molecular formula is C36H54ClN5O8S2. The Hall–Kier alpha value is -3.08. The van der Waals surface area contributed by atoms with Crippen LogP contribution in [0.15, 0.2) is 46.3 Å². The number of nitrogens with zero attached hydrogens (tertiary/aromatic N) is 3. The van der Waals surface area contributed by atoms with Crippen molar-refractivity contribution in [2.45, 2.75) is 89.9 Å². The van der Waals surface area contributed by atoms with E-state index in [1.165, 1.54) is 36.6 Å². The molecule has 3 N–H and O–H groups in total. The van der Waals surface area contributed by atoms with Crippen LogP contribution in [-0.2, 0) is 34.4 Å². The second-order valence-corrected chi connectivity index (χ2v) is 17.0. The van der Waals surface area contributed by atoms with Crippen LogP contribution in [0.25, 0.3) is 0 Å². The lowest BCUT2D eigenvalue weighted by Gasteiger charge is -2.27. The third-order valence-electron chi connectivity index (χ3n) is 8.74. The Balaban J connectivity index is 1.76. The van der Waals surface area contributed by atoms with E-state index in [0.29, 0.717) is 37.2 Å². The molecule has 1 aliphatic heterocycles. The minimum absolute atomic E-state index is 0.0263. The van der Waals surface area contributed by atoms with Crippen molar-refractivity contribution < 1.29 is 36.3 Å². The Kier molecular flexibility index (Phi) is 18.0. The van der Waals surface area contributed by atoms with Crippen molar-refractivity contribution >= 4 is 66.2 Å². The van der Waals surface area contributed by atoms with Gasteiger partial charge in [-0.25, -0.2) is 21.8 Å². The monoisotopic (exact) mass is 783 g/mol. The van der Waals surface area contributed by atoms with E-state index < -0.39 is 42.5 Å². The van der Waals surface area contributed by atoms with Crippen LogP contribution in [0, 0.1) is 6.92 Å². The number of anilines is 2. The number of aliphatic imine (C=N–C) groups is 1. The van der Waals surface area contributed by atoms with Gasteiger partial charge in [-0.15, -0.1) is 4.13 Å². The highest BCUT2D eigenvalue weighted by Crippen LogP contribution is 2.28. The average Bonchev–Trinajstić information content (AvgIpc) is 3.11. The standard InChI is InChI=1S/C36H54ClN5O8S2/c1-4-6-7-8-9-10-11-12-13-14-25-51(46,47)40-52(48,49)30-16-17-31(37)33(27-30)39-35(44)34(36(45)42-20-23-50-24-21-42)38-32-18-15-29(26-28(32)3)41(5-2)19-22-43/h15-18,26-27,40,43H,4-14,19-25H2,1-3H3,(H,39,44)/b38-34-. The van der Waals surface area contributed by atoms with Crippen molar-refractivity contribution in [3.63, 3.8) is 0 Å². The number of hydrogen-bond donors (Lipinski definition) is 3. The molecule has 0 radical (unpaired) electrons. The summed E-state index contributed by atoms with van der Waals surface area (Å²) < 4.78 is 59.0. The number of nitrogens with one attached hydrogen (secondary N) is 2. The van der Waals surface area contributed by atoms with Gasteiger partial charge in [0.2, 0.25) is 10.0 Å². The first-order valence-electron chi connectivity index (χ1n) is 18.1. The number of carbonyl (C=O) groups excluding carboxylic acids is 2. The summed E-state index contributed by atoms with van der Waals surface area (Å²) in [5, 5.41) is 11.9. The zero-order chi connectivity index (χ0) is 38.1. The lowest BCUT2D eigenvalue weighted by Crippen LogP contribution is -2.47. The summed E-state index contributed by atoms with van der Waals surface area (Å²) >= 11 is 6.36. The Bertz CT molecular complexity index is 1730. The van der Waals surface area contributed by atoms with E-state index in [-0.39, 0.29) is 49.4 Å². The van der Waals surface area contributed by atoms with Crippen molar-refractivity contribution in [2.24, 2.45) is 4.99 Å². The number of likely N-dealkylation sites (N-methyl/N-ethyl adjacent to an activating group) is 1. The number of aliphatic hydroxyl groups is 1. The highest BCUT2D eigenvalue weighted by Gasteiger charge is 2.29. The van der Waals surface area contributed by atoms with Gasteiger partial charge in [-0.1, -0.05) is 76.3 Å². The van der Waals surface area contributed by atoms with E-state index in [0.717, 1.165) is 43.5 Å². The highest BCUT2D eigenvalue weighted by molar-refractivity contribution is 8.04. The topological polar surface area (TPSA) is 175 Å². The van der Waals surface area contributed by atoms with Crippen LogP contribution in [0.4, 0.5) is 17.1 Å². The van der Waals surface area contributed by atoms with Crippen LogP contribution in [0.2, 0.25) is 5.02 Å². The van der Waals surface area contributed by atoms with Gasteiger partial charge in [0, 0.05) is 31.9 Å². The molecule has 0 atom stereocenters. The van der Waals surface area contributed by atoms with Gasteiger partial charge >= 0.3 is 0 Å². The Morgan fingerprint density at radius 1 is 0.923 bits per heavy atom. The molecule has 0 unspecified atom stereocenters. The van der Waals surface area contributed by atoms with Crippen molar-refractivity contribution in [1.29, 1.82) is 0 Å². The predicted molar refractivity (Wildman–Crippen MR) is 207 cm³/mol. The lowest BCUT2D eigenvalue weighted by atomic mass is 10.1. The molecule has 1 heterocycles. The normalized spacial score (nSPS) is 14.0. The molecule has 13 nitrogen and oxygen atoms in total. The number of rotatable bonds is 22. The van der Waals surface area contributed by atoms with Gasteiger partial charge in [0.25, 0.3) is 21.8 Å². The fourth-order valence-corrected chi connectivity index (χ4v) is 9.09. The molecule has 16 heteroatoms. The van der Waals surface area contributed by atoms with E-state index in [2.05, 4.69) is 17.2 Å².